The fraction of sp³-hybridized carbons (Fsp3) is 0.500. The molecule has 0 spiro atoms. The van der Waals surface area contributed by atoms with Crippen LogP contribution in [-0.2, 0) is 30.3 Å². The summed E-state index contributed by atoms with van der Waals surface area (Å²) in [5.41, 5.74) is 3.60. The number of benzene rings is 1. The molecule has 4 heteroatoms. The maximum absolute atomic E-state index is 11.2. The Morgan fingerprint density at radius 3 is 2.00 bits per heavy atom. The summed E-state index contributed by atoms with van der Waals surface area (Å²) >= 11 is -1.86. The molecule has 1 rings (SSSR count). The largest absolute Gasteiger partial charge is 0.302 e. The molecule has 0 bridgehead atoms. The van der Waals surface area contributed by atoms with Crippen LogP contribution in [0.25, 0.3) is 0 Å². The van der Waals surface area contributed by atoms with Crippen molar-refractivity contribution in [1.82, 2.24) is 0 Å². The molecule has 0 amide bonds. The first-order valence-corrected chi connectivity index (χ1v) is 6.50. The van der Waals surface area contributed by atoms with Crippen molar-refractivity contribution in [1.29, 1.82) is 0 Å². The van der Waals surface area contributed by atoms with Gasteiger partial charge in [0, 0.05) is 51.4 Å². The zero-order valence-electron chi connectivity index (χ0n) is 10.5. The van der Waals surface area contributed by atoms with Crippen molar-refractivity contribution in [2.75, 3.05) is 0 Å². The van der Waals surface area contributed by atoms with Crippen molar-refractivity contribution in [2.24, 2.45) is 0 Å². The molecule has 0 saturated heterocycles. The van der Waals surface area contributed by atoms with Crippen molar-refractivity contribution < 1.29 is 8.76 Å². The topological polar surface area (TPSA) is 37.3 Å². The molecule has 2 nitrogen and oxygen atoms in total. The molecule has 1 atom stereocenters. The van der Waals surface area contributed by atoms with Gasteiger partial charge < -0.3 is 4.55 Å². The van der Waals surface area contributed by atoms with Gasteiger partial charge in [0.25, 0.3) is 0 Å². The maximum Gasteiger partial charge on any atom is 0.186 e. The van der Waals surface area contributed by atoms with Gasteiger partial charge in [0.05, 0.1) is 4.90 Å². The summed E-state index contributed by atoms with van der Waals surface area (Å²) in [7, 11) is 0. The van der Waals surface area contributed by atoms with E-state index in [-0.39, 0.29) is 51.4 Å². The van der Waals surface area contributed by atoms with Crippen LogP contribution in [0.2, 0.25) is 0 Å². The fourth-order valence-electron chi connectivity index (χ4n) is 2.04. The summed E-state index contributed by atoms with van der Waals surface area (Å²) in [5, 5.41) is 0. The Kier molecular flexibility index (Phi) is 8.63. The second-order valence-corrected chi connectivity index (χ2v) is 4.43. The fourth-order valence-corrected chi connectivity index (χ4v) is 2.71. The molecule has 1 radical (unpaired) electrons. The predicted molar refractivity (Wildman–Crippen MR) is 69.4 cm³/mol. The second-order valence-electron chi connectivity index (χ2n) is 3.49. The van der Waals surface area contributed by atoms with Gasteiger partial charge in [-0.3, -0.25) is 0 Å². The number of rotatable bonds is 4. The molecule has 0 aliphatic carbocycles. The van der Waals surface area contributed by atoms with E-state index in [0.29, 0.717) is 4.90 Å². The maximum atomic E-state index is 11.2. The van der Waals surface area contributed by atoms with E-state index in [0.717, 1.165) is 24.8 Å². The van der Waals surface area contributed by atoms with Crippen LogP contribution in [0.3, 0.4) is 0 Å². The Morgan fingerprint density at radius 1 is 1.06 bits per heavy atom. The van der Waals surface area contributed by atoms with Gasteiger partial charge in [-0.1, -0.05) is 26.8 Å². The second kappa shape index (κ2) is 8.14. The average Bonchev–Trinajstić information content (AvgIpc) is 2.26. The first kappa shape index (κ1) is 17.0. The van der Waals surface area contributed by atoms with Gasteiger partial charge in [0.1, 0.15) is 0 Å². The van der Waals surface area contributed by atoms with E-state index >= 15 is 0 Å². The third-order valence-electron chi connectivity index (χ3n) is 2.76. The Hall–Kier alpha value is 0.966. The normalized spacial score (nSPS) is 12.0. The van der Waals surface area contributed by atoms with Crippen LogP contribution >= 0.6 is 0 Å². The summed E-state index contributed by atoms with van der Waals surface area (Å²) in [5.74, 6) is 0. The molecule has 1 aromatic rings. The van der Waals surface area contributed by atoms with Crippen molar-refractivity contribution in [2.45, 2.75) is 44.9 Å². The number of hydrogen-bond donors (Lipinski definition) is 1. The summed E-state index contributed by atoms with van der Waals surface area (Å²) in [6, 6.07) is 3.76. The van der Waals surface area contributed by atoms with Crippen LogP contribution < -0.4 is 0 Å². The molecule has 0 aliphatic rings. The first-order valence-electron chi connectivity index (χ1n) is 5.40. The van der Waals surface area contributed by atoms with Crippen LogP contribution in [0.4, 0.5) is 0 Å². The zero-order chi connectivity index (χ0) is 11.4. The van der Waals surface area contributed by atoms with Gasteiger partial charge in [-0.25, -0.2) is 4.21 Å². The van der Waals surface area contributed by atoms with Gasteiger partial charge in [0.2, 0.25) is 0 Å². The Bertz CT molecular complexity index is 378. The quantitative estimate of drug-likeness (QED) is 0.671. The van der Waals surface area contributed by atoms with Gasteiger partial charge in [-0.15, -0.1) is 0 Å². The Balaban J connectivity index is 0.00000225. The molecule has 1 unspecified atom stereocenters. The monoisotopic (exact) mass is 265 g/mol. The van der Waals surface area contributed by atoms with Crippen LogP contribution in [-0.4, -0.2) is 60.1 Å². The van der Waals surface area contributed by atoms with E-state index in [1.807, 2.05) is 13.0 Å². The first-order chi connectivity index (χ1) is 7.15. The van der Waals surface area contributed by atoms with Gasteiger partial charge in [0.15, 0.2) is 11.1 Å². The molecule has 0 fully saturated rings. The summed E-state index contributed by atoms with van der Waals surface area (Å²) in [6.45, 7) is 6.24. The summed E-state index contributed by atoms with van der Waals surface area (Å²) in [6.07, 6.45) is 2.73. The molecule has 0 aliphatic heterocycles. The van der Waals surface area contributed by atoms with E-state index in [1.54, 1.807) is 6.07 Å². The third kappa shape index (κ3) is 3.73. The van der Waals surface area contributed by atoms with Crippen molar-refractivity contribution >= 4 is 62.5 Å². The molecule has 0 saturated carbocycles. The van der Waals surface area contributed by atoms with Gasteiger partial charge in [-0.2, -0.15) is 0 Å². The van der Waals surface area contributed by atoms with Crippen LogP contribution in [0.5, 0.6) is 0 Å². The van der Waals surface area contributed by atoms with Crippen molar-refractivity contribution in [3.05, 3.63) is 28.8 Å². The van der Waals surface area contributed by atoms with E-state index < -0.39 is 11.1 Å². The molecular weight excluding hydrogens is 247 g/mol. The number of hydrogen-bond acceptors (Lipinski definition) is 1. The molecular formula is C12H18KO2S. The van der Waals surface area contributed by atoms with Gasteiger partial charge >= 0.3 is 0 Å². The van der Waals surface area contributed by atoms with Crippen molar-refractivity contribution in [3.63, 3.8) is 0 Å². The van der Waals surface area contributed by atoms with Crippen molar-refractivity contribution in [3.8, 4) is 0 Å². The van der Waals surface area contributed by atoms with E-state index in [2.05, 4.69) is 13.8 Å². The standard InChI is InChI=1S/C12H18O2S.K/c1-4-9-7-8-12(15(13)14)11(6-3)10(9)5-2;/h7-8H,4-6H2,1-3H3,(H,13,14);. The minimum absolute atomic E-state index is 0. The van der Waals surface area contributed by atoms with E-state index in [1.165, 1.54) is 11.1 Å². The van der Waals surface area contributed by atoms with Crippen LogP contribution in [0.15, 0.2) is 17.0 Å². The Morgan fingerprint density at radius 2 is 1.62 bits per heavy atom. The molecule has 0 aromatic heterocycles. The van der Waals surface area contributed by atoms with E-state index in [9.17, 15) is 8.76 Å². The minimum Gasteiger partial charge on any atom is -0.302 e. The summed E-state index contributed by atoms with van der Waals surface area (Å²) in [4.78, 5) is 0.576. The van der Waals surface area contributed by atoms with Crippen LogP contribution in [0, 0.1) is 0 Å². The van der Waals surface area contributed by atoms with Gasteiger partial charge in [-0.05, 0) is 42.0 Å². The number of aryl methyl sites for hydroxylation is 1. The zero-order valence-corrected chi connectivity index (χ0v) is 14.5. The SMILES string of the molecule is CCc1ccc(S(=O)O)c(CC)c1CC.[K]. The third-order valence-corrected chi connectivity index (χ3v) is 3.52. The average molecular weight is 265 g/mol. The predicted octanol–water partition coefficient (Wildman–Crippen LogP) is 2.57. The molecule has 0 heterocycles. The molecule has 1 N–H and O–H groups in total. The van der Waals surface area contributed by atoms with E-state index in [4.69, 9.17) is 0 Å². The molecule has 16 heavy (non-hydrogen) atoms. The molecule has 85 valence electrons. The molecule has 1 aromatic carbocycles. The minimum atomic E-state index is -1.86. The Labute approximate surface area is 143 Å². The summed E-state index contributed by atoms with van der Waals surface area (Å²) < 4.78 is 20.4. The smallest absolute Gasteiger partial charge is 0.186 e. The van der Waals surface area contributed by atoms with Crippen LogP contribution in [0.1, 0.15) is 37.5 Å².